The molecular formula is C17H22FNO2. The molecule has 0 radical (unpaired) electrons. The minimum absolute atomic E-state index is 0.181. The quantitative estimate of drug-likeness (QED) is 0.718. The zero-order chi connectivity index (χ0) is 15.2. The molecule has 4 heteroatoms. The topological polar surface area (TPSA) is 29.5 Å². The van der Waals surface area contributed by atoms with E-state index >= 15 is 0 Å². The van der Waals surface area contributed by atoms with E-state index in [9.17, 15) is 9.18 Å². The monoisotopic (exact) mass is 291 g/mol. The van der Waals surface area contributed by atoms with Crippen molar-refractivity contribution in [2.24, 2.45) is 5.92 Å². The van der Waals surface area contributed by atoms with E-state index in [-0.39, 0.29) is 17.6 Å². The maximum atomic E-state index is 13.5. The number of rotatable bonds is 7. The van der Waals surface area contributed by atoms with E-state index in [0.717, 1.165) is 24.0 Å². The Morgan fingerprint density at radius 3 is 2.81 bits per heavy atom. The van der Waals surface area contributed by atoms with Crippen molar-refractivity contribution in [1.29, 1.82) is 0 Å². The Labute approximate surface area is 125 Å². The summed E-state index contributed by atoms with van der Waals surface area (Å²) in [5.74, 6) is 0.0795. The second-order valence-corrected chi connectivity index (χ2v) is 5.23. The highest BCUT2D eigenvalue weighted by Crippen LogP contribution is 2.31. The molecule has 1 saturated carbocycles. The van der Waals surface area contributed by atoms with E-state index in [1.165, 1.54) is 12.1 Å². The van der Waals surface area contributed by atoms with Crippen LogP contribution in [0.15, 0.2) is 24.5 Å². The van der Waals surface area contributed by atoms with E-state index in [4.69, 9.17) is 4.74 Å². The van der Waals surface area contributed by atoms with Crippen molar-refractivity contribution in [3.8, 4) is 0 Å². The Hall–Kier alpha value is -1.84. The van der Waals surface area contributed by atoms with Crippen LogP contribution in [0.25, 0.3) is 6.08 Å². The highest BCUT2D eigenvalue weighted by Gasteiger charge is 2.32. The van der Waals surface area contributed by atoms with Crippen LogP contribution in [-0.2, 0) is 16.1 Å². The highest BCUT2D eigenvalue weighted by atomic mass is 19.1. The third-order valence-corrected chi connectivity index (χ3v) is 3.60. The number of halogens is 1. The van der Waals surface area contributed by atoms with Crippen molar-refractivity contribution < 1.29 is 13.9 Å². The van der Waals surface area contributed by atoms with Crippen LogP contribution in [0.4, 0.5) is 4.39 Å². The molecule has 21 heavy (non-hydrogen) atoms. The second-order valence-electron chi connectivity index (χ2n) is 5.23. The van der Waals surface area contributed by atoms with Gasteiger partial charge in [0.2, 0.25) is 5.91 Å². The molecule has 3 nitrogen and oxygen atoms in total. The first-order chi connectivity index (χ1) is 10.2. The lowest BCUT2D eigenvalue weighted by Gasteiger charge is -2.22. The van der Waals surface area contributed by atoms with E-state index in [1.807, 2.05) is 19.9 Å². The molecule has 0 heterocycles. The van der Waals surface area contributed by atoms with E-state index in [2.05, 4.69) is 0 Å². The van der Waals surface area contributed by atoms with Crippen LogP contribution in [0.1, 0.15) is 37.8 Å². The Bertz CT molecular complexity index is 524. The molecule has 114 valence electrons. The van der Waals surface area contributed by atoms with Gasteiger partial charge in [-0.2, -0.15) is 0 Å². The van der Waals surface area contributed by atoms with Gasteiger partial charge in [-0.1, -0.05) is 6.07 Å². The molecule has 1 aromatic rings. The highest BCUT2D eigenvalue weighted by molar-refractivity contribution is 5.81. The first-order valence-corrected chi connectivity index (χ1v) is 7.51. The molecule has 0 N–H and O–H groups in total. The third-order valence-electron chi connectivity index (χ3n) is 3.60. The van der Waals surface area contributed by atoms with Gasteiger partial charge in [0.05, 0.1) is 12.9 Å². The molecule has 0 spiro atoms. The normalized spacial score (nSPS) is 14.4. The number of benzene rings is 1. The van der Waals surface area contributed by atoms with Crippen LogP contribution in [-0.4, -0.2) is 24.0 Å². The third kappa shape index (κ3) is 4.31. The molecule has 0 bridgehead atoms. The number of ether oxygens (including phenoxy) is 1. The first kappa shape index (κ1) is 15.5. The largest absolute Gasteiger partial charge is 0.501 e. The fraction of sp³-hybridized carbons (Fsp3) is 0.471. The maximum Gasteiger partial charge on any atom is 0.225 e. The van der Waals surface area contributed by atoms with Crippen molar-refractivity contribution >= 4 is 12.0 Å². The zero-order valence-corrected chi connectivity index (χ0v) is 12.6. The van der Waals surface area contributed by atoms with Crippen LogP contribution >= 0.6 is 0 Å². The molecule has 1 fully saturated rings. The van der Waals surface area contributed by atoms with Gasteiger partial charge in [0.1, 0.15) is 5.82 Å². The summed E-state index contributed by atoms with van der Waals surface area (Å²) in [6.07, 6.45) is 5.38. The minimum atomic E-state index is -0.284. The van der Waals surface area contributed by atoms with Crippen molar-refractivity contribution in [3.05, 3.63) is 41.4 Å². The smallest absolute Gasteiger partial charge is 0.225 e. The molecule has 1 aliphatic rings. The number of nitrogens with zero attached hydrogens (tertiary/aromatic N) is 1. The summed E-state index contributed by atoms with van der Waals surface area (Å²) in [6, 6.07) is 4.64. The fourth-order valence-electron chi connectivity index (χ4n) is 2.23. The molecule has 0 unspecified atom stereocenters. The molecule has 0 aliphatic heterocycles. The lowest BCUT2D eigenvalue weighted by atomic mass is 10.1. The summed E-state index contributed by atoms with van der Waals surface area (Å²) >= 11 is 0. The van der Waals surface area contributed by atoms with Crippen LogP contribution in [0.3, 0.4) is 0 Å². The summed E-state index contributed by atoms with van der Waals surface area (Å²) in [4.78, 5) is 14.0. The van der Waals surface area contributed by atoms with E-state index in [0.29, 0.717) is 19.7 Å². The lowest BCUT2D eigenvalue weighted by Crippen LogP contribution is -2.31. The Kier molecular flexibility index (Phi) is 5.37. The van der Waals surface area contributed by atoms with Gasteiger partial charge >= 0.3 is 0 Å². The van der Waals surface area contributed by atoms with Crippen LogP contribution in [0, 0.1) is 11.7 Å². The summed E-state index contributed by atoms with van der Waals surface area (Å²) in [5, 5.41) is 0. The van der Waals surface area contributed by atoms with Crippen molar-refractivity contribution in [2.45, 2.75) is 33.2 Å². The lowest BCUT2D eigenvalue weighted by molar-refractivity contribution is -0.132. The minimum Gasteiger partial charge on any atom is -0.501 e. The van der Waals surface area contributed by atoms with Gasteiger partial charge in [-0.3, -0.25) is 4.79 Å². The maximum absolute atomic E-state index is 13.5. The summed E-state index contributed by atoms with van der Waals surface area (Å²) in [7, 11) is 0. The number of carbonyl (C=O) groups excluding carboxylic acids is 1. The van der Waals surface area contributed by atoms with Gasteiger partial charge in [-0.15, -0.1) is 0 Å². The number of carbonyl (C=O) groups is 1. The van der Waals surface area contributed by atoms with Gasteiger partial charge in [0.25, 0.3) is 0 Å². The Morgan fingerprint density at radius 1 is 1.43 bits per heavy atom. The predicted molar refractivity (Wildman–Crippen MR) is 80.9 cm³/mol. The van der Waals surface area contributed by atoms with Crippen molar-refractivity contribution in [3.63, 3.8) is 0 Å². The number of hydrogen-bond acceptors (Lipinski definition) is 2. The molecular weight excluding hydrogens is 269 g/mol. The molecule has 1 aromatic carbocycles. The van der Waals surface area contributed by atoms with E-state index < -0.39 is 0 Å². The Morgan fingerprint density at radius 2 is 2.19 bits per heavy atom. The number of hydrogen-bond donors (Lipinski definition) is 0. The van der Waals surface area contributed by atoms with Crippen molar-refractivity contribution in [1.82, 2.24) is 4.90 Å². The average molecular weight is 291 g/mol. The van der Waals surface area contributed by atoms with Gasteiger partial charge in [0, 0.05) is 19.0 Å². The van der Waals surface area contributed by atoms with Crippen LogP contribution in [0.5, 0.6) is 0 Å². The fourth-order valence-corrected chi connectivity index (χ4v) is 2.23. The van der Waals surface area contributed by atoms with Crippen molar-refractivity contribution in [2.75, 3.05) is 13.2 Å². The molecule has 0 saturated heterocycles. The van der Waals surface area contributed by atoms with E-state index in [1.54, 1.807) is 17.2 Å². The first-order valence-electron chi connectivity index (χ1n) is 7.51. The molecule has 2 rings (SSSR count). The zero-order valence-electron chi connectivity index (χ0n) is 12.6. The Balaban J connectivity index is 2.15. The van der Waals surface area contributed by atoms with Gasteiger partial charge in [0.15, 0.2) is 0 Å². The molecule has 1 amide bonds. The molecule has 0 aromatic heterocycles. The molecule has 1 aliphatic carbocycles. The average Bonchev–Trinajstić information content (AvgIpc) is 3.31. The van der Waals surface area contributed by atoms with Crippen LogP contribution < -0.4 is 0 Å². The number of amides is 1. The summed E-state index contributed by atoms with van der Waals surface area (Å²) < 4.78 is 18.7. The summed E-state index contributed by atoms with van der Waals surface area (Å²) in [5.41, 5.74) is 1.69. The SMILES string of the molecule is CCOC=Cc1ccc(F)cc1CN(CC)C(=O)C1CC1. The van der Waals surface area contributed by atoms with Gasteiger partial charge < -0.3 is 9.64 Å². The predicted octanol–water partition coefficient (Wildman–Crippen LogP) is 3.59. The van der Waals surface area contributed by atoms with Gasteiger partial charge in [-0.05, 0) is 56.0 Å². The second kappa shape index (κ2) is 7.25. The van der Waals surface area contributed by atoms with Crippen LogP contribution in [0.2, 0.25) is 0 Å². The summed E-state index contributed by atoms with van der Waals surface area (Å²) in [6.45, 7) is 5.53. The van der Waals surface area contributed by atoms with Gasteiger partial charge in [-0.25, -0.2) is 4.39 Å². The molecule has 0 atom stereocenters. The standard InChI is InChI=1S/C17H22FNO2/c1-3-19(17(20)14-5-6-14)12-15-11-16(18)8-7-13(15)9-10-21-4-2/h7-11,14H,3-6,12H2,1-2H3.